The van der Waals surface area contributed by atoms with Gasteiger partial charge in [0.25, 0.3) is 5.69 Å². The molecule has 0 unspecified atom stereocenters. The zero-order valence-corrected chi connectivity index (χ0v) is 8.80. The van der Waals surface area contributed by atoms with E-state index in [1.165, 1.54) is 11.4 Å². The molecule has 0 saturated heterocycles. The van der Waals surface area contributed by atoms with Gasteiger partial charge in [0.1, 0.15) is 0 Å². The largest absolute Gasteiger partial charge is 0.318 e. The molecule has 1 aromatic carbocycles. The molecule has 2 aromatic rings. The average Bonchev–Trinajstić information content (AvgIpc) is 2.77. The summed E-state index contributed by atoms with van der Waals surface area (Å²) in [6, 6.07) is 9.20. The van der Waals surface area contributed by atoms with Crippen molar-refractivity contribution in [1.29, 1.82) is 0 Å². The van der Waals surface area contributed by atoms with Crippen molar-refractivity contribution in [3.63, 3.8) is 0 Å². The molecule has 3 rings (SSSR count). The lowest BCUT2D eigenvalue weighted by Gasteiger charge is -2.04. The third kappa shape index (κ3) is 1.10. The third-order valence-corrected chi connectivity index (χ3v) is 3.04. The van der Waals surface area contributed by atoms with Crippen LogP contribution in [-0.4, -0.2) is 9.49 Å². The van der Waals surface area contributed by atoms with E-state index in [0.29, 0.717) is 0 Å². The molecule has 4 nitrogen and oxygen atoms in total. The molecule has 16 heavy (non-hydrogen) atoms. The number of non-ortho nitro benzene ring substituents is 1. The van der Waals surface area contributed by atoms with Crippen LogP contribution in [0.4, 0.5) is 5.69 Å². The lowest BCUT2D eigenvalue weighted by molar-refractivity contribution is -0.384. The Morgan fingerprint density at radius 1 is 1.31 bits per heavy atom. The molecule has 0 amide bonds. The highest BCUT2D eigenvalue weighted by Crippen LogP contribution is 2.32. The van der Waals surface area contributed by atoms with E-state index in [1.54, 1.807) is 12.1 Å². The lowest BCUT2D eigenvalue weighted by Crippen LogP contribution is -1.95. The van der Waals surface area contributed by atoms with Crippen LogP contribution in [-0.2, 0) is 6.42 Å². The molecule has 0 saturated carbocycles. The van der Waals surface area contributed by atoms with Crippen LogP contribution in [0.3, 0.4) is 0 Å². The monoisotopic (exact) mass is 214 g/mol. The number of rotatable bonds is 1. The van der Waals surface area contributed by atoms with Crippen LogP contribution in [0.1, 0.15) is 17.0 Å². The van der Waals surface area contributed by atoms with E-state index in [9.17, 15) is 10.1 Å². The number of nitro groups is 1. The summed E-state index contributed by atoms with van der Waals surface area (Å²) in [5, 5.41) is 10.7. The van der Waals surface area contributed by atoms with Gasteiger partial charge in [-0.25, -0.2) is 0 Å². The summed E-state index contributed by atoms with van der Waals surface area (Å²) in [6.07, 6.45) is 0.783. The van der Waals surface area contributed by atoms with Crippen LogP contribution in [0.5, 0.6) is 0 Å². The lowest BCUT2D eigenvalue weighted by atomic mass is 10.1. The molecule has 0 N–H and O–H groups in total. The molecule has 80 valence electrons. The van der Waals surface area contributed by atoms with E-state index in [4.69, 9.17) is 0 Å². The van der Waals surface area contributed by atoms with E-state index < -0.39 is 0 Å². The average molecular weight is 214 g/mol. The number of aromatic nitrogens is 1. The summed E-state index contributed by atoms with van der Waals surface area (Å²) in [4.78, 5) is 10.3. The molecule has 1 aliphatic rings. The van der Waals surface area contributed by atoms with Crippen molar-refractivity contribution in [3.05, 3.63) is 57.4 Å². The zero-order chi connectivity index (χ0) is 11.3. The summed E-state index contributed by atoms with van der Waals surface area (Å²) in [5.74, 6) is 0. The molecule has 0 aliphatic carbocycles. The van der Waals surface area contributed by atoms with Gasteiger partial charge in [0.15, 0.2) is 0 Å². The zero-order valence-electron chi connectivity index (χ0n) is 8.80. The maximum absolute atomic E-state index is 10.7. The van der Waals surface area contributed by atoms with E-state index in [2.05, 4.69) is 16.7 Å². The van der Waals surface area contributed by atoms with Crippen LogP contribution in [0.15, 0.2) is 30.3 Å². The van der Waals surface area contributed by atoms with Gasteiger partial charge in [-0.3, -0.25) is 10.1 Å². The molecule has 4 heteroatoms. The Kier molecular flexibility index (Phi) is 1.68. The minimum absolute atomic E-state index is 0.169. The number of aryl methyl sites for hydroxylation is 1. The van der Waals surface area contributed by atoms with Crippen molar-refractivity contribution < 1.29 is 4.92 Å². The van der Waals surface area contributed by atoms with Crippen LogP contribution in [0.25, 0.3) is 5.69 Å². The smallest absolute Gasteiger partial charge is 0.269 e. The first-order valence-corrected chi connectivity index (χ1v) is 5.12. The number of hydrogen-bond donors (Lipinski definition) is 0. The molecule has 0 radical (unpaired) electrons. The second-order valence-electron chi connectivity index (χ2n) is 4.05. The van der Waals surface area contributed by atoms with Crippen LogP contribution in [0, 0.1) is 17.0 Å². The van der Waals surface area contributed by atoms with Gasteiger partial charge < -0.3 is 4.57 Å². The third-order valence-electron chi connectivity index (χ3n) is 3.04. The SMILES string of the molecule is Cc1ccc2n1-c1ccc([N+](=O)[O-])cc1C2. The van der Waals surface area contributed by atoms with Gasteiger partial charge in [0.05, 0.1) is 4.92 Å². The Morgan fingerprint density at radius 2 is 2.12 bits per heavy atom. The highest BCUT2D eigenvalue weighted by Gasteiger charge is 2.21. The molecule has 0 spiro atoms. The van der Waals surface area contributed by atoms with Crippen molar-refractivity contribution in [1.82, 2.24) is 4.57 Å². The fraction of sp³-hybridized carbons (Fsp3) is 0.167. The standard InChI is InChI=1S/C12H10N2O2/c1-8-2-3-10-6-9-7-11(14(15)16)4-5-12(9)13(8)10/h2-5,7H,6H2,1H3. The summed E-state index contributed by atoms with van der Waals surface area (Å²) >= 11 is 0. The number of nitro benzene ring substituents is 1. The van der Waals surface area contributed by atoms with Gasteiger partial charge in [-0.1, -0.05) is 0 Å². The minimum atomic E-state index is -0.346. The van der Waals surface area contributed by atoms with Crippen LogP contribution < -0.4 is 0 Å². The molecule has 0 bridgehead atoms. The molecule has 1 aromatic heterocycles. The van der Waals surface area contributed by atoms with Gasteiger partial charge in [0, 0.05) is 35.6 Å². The minimum Gasteiger partial charge on any atom is -0.318 e. The summed E-state index contributed by atoms with van der Waals surface area (Å²) in [7, 11) is 0. The Labute approximate surface area is 92.3 Å². The molecule has 0 atom stereocenters. The first-order chi connectivity index (χ1) is 7.66. The van der Waals surface area contributed by atoms with Crippen LogP contribution in [0.2, 0.25) is 0 Å². The molecule has 0 fully saturated rings. The predicted octanol–water partition coefficient (Wildman–Crippen LogP) is 2.60. The van der Waals surface area contributed by atoms with Crippen molar-refractivity contribution in [2.75, 3.05) is 0 Å². The fourth-order valence-corrected chi connectivity index (χ4v) is 2.32. The summed E-state index contributed by atoms with van der Waals surface area (Å²) in [5.41, 5.74) is 4.65. The second kappa shape index (κ2) is 2.95. The highest BCUT2D eigenvalue weighted by molar-refractivity contribution is 5.56. The molecular weight excluding hydrogens is 204 g/mol. The second-order valence-corrected chi connectivity index (χ2v) is 4.05. The molecule has 2 heterocycles. The van der Waals surface area contributed by atoms with Gasteiger partial charge in [-0.05, 0) is 30.7 Å². The fourth-order valence-electron chi connectivity index (χ4n) is 2.32. The van der Waals surface area contributed by atoms with Crippen molar-refractivity contribution in [3.8, 4) is 5.69 Å². The maximum Gasteiger partial charge on any atom is 0.269 e. The maximum atomic E-state index is 10.7. The molecule has 1 aliphatic heterocycles. The van der Waals surface area contributed by atoms with Gasteiger partial charge in [-0.15, -0.1) is 0 Å². The van der Waals surface area contributed by atoms with Crippen molar-refractivity contribution >= 4 is 5.69 Å². The number of fused-ring (bicyclic) bond motifs is 3. The number of benzene rings is 1. The van der Waals surface area contributed by atoms with Gasteiger partial charge in [-0.2, -0.15) is 0 Å². The quantitative estimate of drug-likeness (QED) is 0.461. The van der Waals surface area contributed by atoms with Crippen LogP contribution >= 0.6 is 0 Å². The Bertz CT molecular complexity index is 599. The van der Waals surface area contributed by atoms with Gasteiger partial charge in [0.2, 0.25) is 0 Å². The normalized spacial score (nSPS) is 12.3. The Balaban J connectivity index is 2.19. The number of nitrogens with zero attached hydrogens (tertiary/aromatic N) is 2. The first kappa shape index (κ1) is 9.15. The highest BCUT2D eigenvalue weighted by atomic mass is 16.6. The van der Waals surface area contributed by atoms with Crippen molar-refractivity contribution in [2.24, 2.45) is 0 Å². The van der Waals surface area contributed by atoms with Gasteiger partial charge >= 0.3 is 0 Å². The van der Waals surface area contributed by atoms with E-state index >= 15 is 0 Å². The predicted molar refractivity (Wildman–Crippen MR) is 60.0 cm³/mol. The van der Waals surface area contributed by atoms with E-state index in [-0.39, 0.29) is 10.6 Å². The Morgan fingerprint density at radius 3 is 2.88 bits per heavy atom. The Hall–Kier alpha value is -2.10. The number of hydrogen-bond acceptors (Lipinski definition) is 2. The van der Waals surface area contributed by atoms with Crippen molar-refractivity contribution in [2.45, 2.75) is 13.3 Å². The summed E-state index contributed by atoms with van der Waals surface area (Å²) < 4.78 is 2.15. The molecular formula is C12H10N2O2. The topological polar surface area (TPSA) is 48.1 Å². The first-order valence-electron chi connectivity index (χ1n) is 5.12. The van der Waals surface area contributed by atoms with E-state index in [1.807, 2.05) is 13.0 Å². The summed E-state index contributed by atoms with van der Waals surface area (Å²) in [6.45, 7) is 2.04. The van der Waals surface area contributed by atoms with E-state index in [0.717, 1.165) is 17.7 Å².